The molecule has 0 spiro atoms. The van der Waals surface area contributed by atoms with E-state index in [1.165, 1.54) is 24.8 Å². The predicted molar refractivity (Wildman–Crippen MR) is 131 cm³/mol. The molecule has 6 nitrogen and oxygen atoms in total. The fourth-order valence-electron chi connectivity index (χ4n) is 3.25. The molecule has 28 heavy (non-hydrogen) atoms. The molecule has 0 unspecified atom stereocenters. The number of guanidine groups is 1. The second-order valence-corrected chi connectivity index (χ2v) is 7.79. The van der Waals surface area contributed by atoms with Gasteiger partial charge in [0.1, 0.15) is 5.82 Å². The van der Waals surface area contributed by atoms with Gasteiger partial charge in [-0.1, -0.05) is 32.8 Å². The van der Waals surface area contributed by atoms with Gasteiger partial charge in [0.2, 0.25) is 0 Å². The Kier molecular flexibility index (Phi) is 12.5. The van der Waals surface area contributed by atoms with E-state index in [9.17, 15) is 0 Å². The summed E-state index contributed by atoms with van der Waals surface area (Å²) in [4.78, 5) is 14.2. The molecule has 2 heterocycles. The van der Waals surface area contributed by atoms with Crippen LogP contribution >= 0.6 is 24.0 Å². The molecule has 0 aliphatic carbocycles. The number of hydrogen-bond donors (Lipinski definition) is 2. The SMILES string of the molecule is CCNC(=NCc1cccnc1N1CCN(C)CC1)NCCCCC(C)C.I. The van der Waals surface area contributed by atoms with Crippen LogP contribution < -0.4 is 15.5 Å². The van der Waals surface area contributed by atoms with Crippen molar-refractivity contribution in [2.24, 2.45) is 10.9 Å². The van der Waals surface area contributed by atoms with Gasteiger partial charge >= 0.3 is 0 Å². The first-order valence-electron chi connectivity index (χ1n) is 10.5. The number of nitrogens with one attached hydrogen (secondary N) is 2. The van der Waals surface area contributed by atoms with Gasteiger partial charge in [0.05, 0.1) is 6.54 Å². The lowest BCUT2D eigenvalue weighted by Gasteiger charge is -2.34. The average molecular weight is 502 g/mol. The molecule has 0 saturated carbocycles. The molecule has 2 rings (SSSR count). The molecule has 2 N–H and O–H groups in total. The van der Waals surface area contributed by atoms with Gasteiger partial charge < -0.3 is 20.4 Å². The number of pyridine rings is 1. The number of unbranched alkanes of at least 4 members (excludes halogenated alkanes) is 1. The minimum atomic E-state index is 0. The van der Waals surface area contributed by atoms with E-state index in [-0.39, 0.29) is 24.0 Å². The zero-order chi connectivity index (χ0) is 19.5. The third-order valence-corrected chi connectivity index (χ3v) is 4.92. The lowest BCUT2D eigenvalue weighted by molar-refractivity contribution is 0.312. The largest absolute Gasteiger partial charge is 0.357 e. The van der Waals surface area contributed by atoms with Crippen LogP contribution in [0.3, 0.4) is 0 Å². The van der Waals surface area contributed by atoms with Crippen LogP contribution in [0.4, 0.5) is 5.82 Å². The highest BCUT2D eigenvalue weighted by molar-refractivity contribution is 14.0. The van der Waals surface area contributed by atoms with Crippen LogP contribution in [0.2, 0.25) is 0 Å². The Balaban J connectivity index is 0.00000392. The standard InChI is InChI=1S/C21H38N6.HI/c1-5-22-21(24-11-7-6-9-18(2)3)25-17-19-10-8-12-23-20(19)27-15-13-26(4)14-16-27;/h8,10,12,18H,5-7,9,11,13-17H2,1-4H3,(H2,22,24,25);1H. The van der Waals surface area contributed by atoms with Crippen molar-refractivity contribution >= 4 is 35.8 Å². The van der Waals surface area contributed by atoms with Gasteiger partial charge in [-0.05, 0) is 32.4 Å². The summed E-state index contributed by atoms with van der Waals surface area (Å²) in [7, 11) is 2.18. The molecule has 0 atom stereocenters. The molecule has 1 aliphatic heterocycles. The molecule has 160 valence electrons. The number of halogens is 1. The molecular formula is C21H39IN6. The smallest absolute Gasteiger partial charge is 0.191 e. The van der Waals surface area contributed by atoms with Crippen molar-refractivity contribution in [3.63, 3.8) is 0 Å². The number of aromatic nitrogens is 1. The first-order chi connectivity index (χ1) is 13.1. The highest BCUT2D eigenvalue weighted by Crippen LogP contribution is 2.19. The highest BCUT2D eigenvalue weighted by atomic mass is 127. The summed E-state index contributed by atoms with van der Waals surface area (Å²) in [6, 6.07) is 4.16. The van der Waals surface area contributed by atoms with Gasteiger partial charge in [0.15, 0.2) is 5.96 Å². The van der Waals surface area contributed by atoms with Crippen molar-refractivity contribution in [3.05, 3.63) is 23.9 Å². The van der Waals surface area contributed by atoms with Gasteiger partial charge in [-0.25, -0.2) is 9.98 Å². The quantitative estimate of drug-likeness (QED) is 0.235. The zero-order valence-corrected chi connectivity index (χ0v) is 20.4. The second-order valence-electron chi connectivity index (χ2n) is 7.79. The first kappa shape index (κ1) is 24.9. The van der Waals surface area contributed by atoms with Gasteiger partial charge in [0, 0.05) is 51.0 Å². The molecule has 1 fully saturated rings. The van der Waals surface area contributed by atoms with E-state index in [0.29, 0.717) is 6.54 Å². The third kappa shape index (κ3) is 8.94. The van der Waals surface area contributed by atoms with Crippen LogP contribution in [0.1, 0.15) is 45.6 Å². The first-order valence-corrected chi connectivity index (χ1v) is 10.5. The molecular weight excluding hydrogens is 463 g/mol. The number of anilines is 1. The van der Waals surface area contributed by atoms with E-state index in [1.54, 1.807) is 0 Å². The Morgan fingerprint density at radius 2 is 1.93 bits per heavy atom. The molecule has 1 aromatic heterocycles. The van der Waals surface area contributed by atoms with E-state index in [0.717, 1.165) is 57.0 Å². The molecule has 1 saturated heterocycles. The van der Waals surface area contributed by atoms with Crippen molar-refractivity contribution in [1.82, 2.24) is 20.5 Å². The summed E-state index contributed by atoms with van der Waals surface area (Å²) >= 11 is 0. The molecule has 7 heteroatoms. The summed E-state index contributed by atoms with van der Waals surface area (Å²) in [5.41, 5.74) is 1.19. The Hall–Kier alpha value is -1.09. The van der Waals surface area contributed by atoms with E-state index in [4.69, 9.17) is 4.99 Å². The van der Waals surface area contributed by atoms with Gasteiger partial charge in [-0.15, -0.1) is 24.0 Å². The number of likely N-dealkylation sites (N-methyl/N-ethyl adjacent to an activating group) is 1. The summed E-state index contributed by atoms with van der Waals surface area (Å²) in [5.74, 6) is 2.77. The summed E-state index contributed by atoms with van der Waals surface area (Å²) in [5, 5.41) is 6.82. The fourth-order valence-corrected chi connectivity index (χ4v) is 3.25. The van der Waals surface area contributed by atoms with Crippen LogP contribution in [-0.2, 0) is 6.54 Å². The molecule has 0 aromatic carbocycles. The summed E-state index contributed by atoms with van der Waals surface area (Å²) < 4.78 is 0. The fraction of sp³-hybridized carbons (Fsp3) is 0.714. The Bertz CT molecular complexity index is 570. The number of aliphatic imine (C=N–C) groups is 1. The molecule has 0 radical (unpaired) electrons. The van der Waals surface area contributed by atoms with Gasteiger partial charge in [0.25, 0.3) is 0 Å². The van der Waals surface area contributed by atoms with Gasteiger partial charge in [-0.3, -0.25) is 0 Å². The van der Waals surface area contributed by atoms with E-state index in [2.05, 4.69) is 59.3 Å². The van der Waals surface area contributed by atoms with E-state index >= 15 is 0 Å². The normalized spacial score (nSPS) is 15.5. The highest BCUT2D eigenvalue weighted by Gasteiger charge is 2.17. The van der Waals surface area contributed by atoms with Crippen LogP contribution in [0.15, 0.2) is 23.3 Å². The lowest BCUT2D eigenvalue weighted by atomic mass is 10.1. The van der Waals surface area contributed by atoms with Crippen molar-refractivity contribution < 1.29 is 0 Å². The molecule has 0 bridgehead atoms. The topological polar surface area (TPSA) is 55.8 Å². The van der Waals surface area contributed by atoms with Crippen LogP contribution in [-0.4, -0.2) is 62.2 Å². The van der Waals surface area contributed by atoms with Crippen LogP contribution in [0.5, 0.6) is 0 Å². The number of piperazine rings is 1. The van der Waals surface area contributed by atoms with E-state index in [1.807, 2.05) is 12.3 Å². The molecule has 1 aliphatic rings. The Morgan fingerprint density at radius 3 is 2.61 bits per heavy atom. The molecule has 0 amide bonds. The van der Waals surface area contributed by atoms with Crippen molar-refractivity contribution in [2.45, 2.75) is 46.6 Å². The number of hydrogen-bond acceptors (Lipinski definition) is 4. The maximum atomic E-state index is 4.80. The number of nitrogens with zero attached hydrogens (tertiary/aromatic N) is 4. The minimum absolute atomic E-state index is 0. The summed E-state index contributed by atoms with van der Waals surface area (Å²) in [6.45, 7) is 13.4. The number of rotatable bonds is 9. The maximum absolute atomic E-state index is 4.80. The predicted octanol–water partition coefficient (Wildman–Crippen LogP) is 3.33. The average Bonchev–Trinajstić information content (AvgIpc) is 2.66. The van der Waals surface area contributed by atoms with Crippen molar-refractivity contribution in [3.8, 4) is 0 Å². The Labute approximate surface area is 188 Å². The monoisotopic (exact) mass is 502 g/mol. The second kappa shape index (κ2) is 14.0. The van der Waals surface area contributed by atoms with Gasteiger partial charge in [-0.2, -0.15) is 0 Å². The minimum Gasteiger partial charge on any atom is -0.357 e. The maximum Gasteiger partial charge on any atom is 0.191 e. The van der Waals surface area contributed by atoms with E-state index < -0.39 is 0 Å². The van der Waals surface area contributed by atoms with Crippen molar-refractivity contribution in [2.75, 3.05) is 51.2 Å². The Morgan fingerprint density at radius 1 is 1.18 bits per heavy atom. The molecule has 1 aromatic rings. The van der Waals surface area contributed by atoms with Crippen molar-refractivity contribution in [1.29, 1.82) is 0 Å². The van der Waals surface area contributed by atoms with Crippen LogP contribution in [0.25, 0.3) is 0 Å². The third-order valence-electron chi connectivity index (χ3n) is 4.92. The lowest BCUT2D eigenvalue weighted by Crippen LogP contribution is -2.45. The van der Waals surface area contributed by atoms with Crippen LogP contribution in [0, 0.1) is 5.92 Å². The zero-order valence-electron chi connectivity index (χ0n) is 18.1. The summed E-state index contributed by atoms with van der Waals surface area (Å²) in [6.07, 6.45) is 5.63.